The fraction of sp³-hybridized carbons (Fsp3) is 0.250. The van der Waals surface area contributed by atoms with Gasteiger partial charge in [0.1, 0.15) is 0 Å². The first-order valence-electron chi connectivity index (χ1n) is 12.3. The molecule has 0 spiro atoms. The van der Waals surface area contributed by atoms with Gasteiger partial charge in [-0.3, -0.25) is 4.79 Å². The first-order chi connectivity index (χ1) is 17.2. The molecule has 5 rings (SSSR count). The van der Waals surface area contributed by atoms with E-state index in [9.17, 15) is 4.79 Å². The Morgan fingerprint density at radius 2 is 1.68 bits per heavy atom. The molecule has 0 fully saturated rings. The van der Waals surface area contributed by atoms with Gasteiger partial charge in [-0.05, 0) is 53.6 Å². The molecule has 0 unspecified atom stereocenters. The second-order valence-electron chi connectivity index (χ2n) is 9.77. The molecule has 0 saturated carbocycles. The molecule has 0 aliphatic rings. The molecule has 0 aliphatic heterocycles. The van der Waals surface area contributed by atoms with E-state index in [1.54, 1.807) is 0 Å². The van der Waals surface area contributed by atoms with E-state index in [4.69, 9.17) is 10.1 Å². The molecule has 3 aromatic carbocycles. The van der Waals surface area contributed by atoms with Gasteiger partial charge in [0, 0.05) is 47.5 Å². The van der Waals surface area contributed by atoms with E-state index in [1.165, 1.54) is 62.0 Å². The molecule has 0 amide bonds. The average Bonchev–Trinajstić information content (AvgIpc) is 3.21. The van der Waals surface area contributed by atoms with Crippen LogP contribution >= 0.6 is 11.3 Å². The number of thiophene rings is 1. The van der Waals surface area contributed by atoms with E-state index >= 15 is 0 Å². The molecular weight excluding hydrogens is 655 g/mol. The Balaban J connectivity index is 0.000000422. The third-order valence-electron chi connectivity index (χ3n) is 6.22. The molecule has 0 atom stereocenters. The maximum atomic E-state index is 10.0. The summed E-state index contributed by atoms with van der Waals surface area (Å²) in [5.41, 5.74) is 4.92. The molecule has 1 N–H and O–H groups in total. The molecule has 2 aromatic heterocycles. The van der Waals surface area contributed by atoms with E-state index in [0.717, 1.165) is 11.3 Å². The van der Waals surface area contributed by atoms with Gasteiger partial charge in [-0.1, -0.05) is 69.5 Å². The molecule has 3 nitrogen and oxygen atoms in total. The van der Waals surface area contributed by atoms with Crippen molar-refractivity contribution in [1.29, 1.82) is 0 Å². The van der Waals surface area contributed by atoms with Crippen LogP contribution in [0.3, 0.4) is 0 Å². The topological polar surface area (TPSA) is 50.2 Å². The summed E-state index contributed by atoms with van der Waals surface area (Å²) in [6.07, 6.45) is 3.11. The number of hydrogen-bond donors (Lipinski definition) is 1. The predicted octanol–water partition coefficient (Wildman–Crippen LogP) is 9.35. The van der Waals surface area contributed by atoms with Gasteiger partial charge >= 0.3 is 0 Å². The van der Waals surface area contributed by atoms with Crippen LogP contribution in [0.2, 0.25) is 0 Å². The van der Waals surface area contributed by atoms with Crippen molar-refractivity contribution < 1.29 is 30.0 Å². The van der Waals surface area contributed by atoms with Gasteiger partial charge in [0.05, 0.1) is 5.76 Å². The zero-order valence-electron chi connectivity index (χ0n) is 22.0. The Bertz CT molecular complexity index is 1590. The molecule has 37 heavy (non-hydrogen) atoms. The van der Waals surface area contributed by atoms with Crippen molar-refractivity contribution in [2.75, 3.05) is 0 Å². The van der Waals surface area contributed by atoms with Gasteiger partial charge in [0.2, 0.25) is 0 Å². The third kappa shape index (κ3) is 6.18. The van der Waals surface area contributed by atoms with Crippen LogP contribution in [0, 0.1) is 6.07 Å². The van der Waals surface area contributed by atoms with Crippen LogP contribution in [0.1, 0.15) is 64.5 Å². The van der Waals surface area contributed by atoms with Crippen molar-refractivity contribution in [3.05, 3.63) is 89.8 Å². The van der Waals surface area contributed by atoms with E-state index < -0.39 is 0 Å². The van der Waals surface area contributed by atoms with Gasteiger partial charge < -0.3 is 10.1 Å². The SMILES string of the molecule is CC(=O)/C=C(/C)O.CC(C)c1ccc2c(-c3nccc4c3sc3c(C(C)C)cccc34)[c-]ccc2c1.[Ir]. The summed E-state index contributed by atoms with van der Waals surface area (Å²) in [5.74, 6) is 0.958. The number of allylic oxidation sites excluding steroid dienone is 2. The first kappa shape index (κ1) is 28.7. The van der Waals surface area contributed by atoms with Gasteiger partial charge in [-0.2, -0.15) is 0 Å². The van der Waals surface area contributed by atoms with Crippen molar-refractivity contribution in [2.45, 2.75) is 53.4 Å². The van der Waals surface area contributed by atoms with Crippen molar-refractivity contribution in [3.63, 3.8) is 0 Å². The van der Waals surface area contributed by atoms with Crippen molar-refractivity contribution in [2.24, 2.45) is 0 Å². The number of ketones is 1. The zero-order valence-corrected chi connectivity index (χ0v) is 25.3. The monoisotopic (exact) mass is 687 g/mol. The fourth-order valence-electron chi connectivity index (χ4n) is 4.47. The number of aromatic nitrogens is 1. The van der Waals surface area contributed by atoms with E-state index in [-0.39, 0.29) is 31.6 Å². The van der Waals surface area contributed by atoms with Crippen LogP contribution in [0.15, 0.2) is 72.6 Å². The normalized spacial score (nSPS) is 11.6. The summed E-state index contributed by atoms with van der Waals surface area (Å²) in [7, 11) is 0. The number of nitrogens with zero attached hydrogens (tertiary/aromatic N) is 1. The predicted molar refractivity (Wildman–Crippen MR) is 154 cm³/mol. The van der Waals surface area contributed by atoms with Crippen molar-refractivity contribution >= 4 is 48.1 Å². The molecule has 5 aromatic rings. The standard InChI is InChI=1S/C27H24NS.C5H8O2.Ir/c1-16(2)18-11-12-21-19(15-18)7-5-9-22(21)25-27-24(13-14-28-25)23-10-6-8-20(17(3)4)26(23)29-27;1-4(6)3-5(2)7;/h5-8,10-17H,1-4H3;3,6H,1-2H3;/q-1;;/b;4-3-;. The number of fused-ring (bicyclic) bond motifs is 4. The number of rotatable bonds is 4. The molecular formula is C32H32IrNO2S-. The van der Waals surface area contributed by atoms with Crippen molar-refractivity contribution in [3.8, 4) is 11.3 Å². The Kier molecular flexibility index (Phi) is 9.41. The summed E-state index contributed by atoms with van der Waals surface area (Å²) in [6.45, 7) is 11.9. The molecule has 193 valence electrons. The number of aliphatic hydroxyl groups is 1. The summed E-state index contributed by atoms with van der Waals surface area (Å²) < 4.78 is 2.64. The maximum Gasteiger partial charge on any atom is 0.155 e. The van der Waals surface area contributed by atoms with Crippen LogP contribution in [-0.2, 0) is 24.9 Å². The summed E-state index contributed by atoms with van der Waals surface area (Å²) >= 11 is 1.87. The number of carbonyl (C=O) groups excluding carboxylic acids is 1. The molecule has 0 saturated heterocycles. The summed E-state index contributed by atoms with van der Waals surface area (Å²) in [4.78, 5) is 14.9. The molecule has 2 heterocycles. The zero-order chi connectivity index (χ0) is 26.0. The van der Waals surface area contributed by atoms with Crippen LogP contribution in [0.4, 0.5) is 0 Å². The van der Waals surface area contributed by atoms with Gasteiger partial charge in [-0.25, -0.2) is 0 Å². The molecule has 5 heteroatoms. The maximum absolute atomic E-state index is 10.0. The average molecular weight is 687 g/mol. The quantitative estimate of drug-likeness (QED) is 0.117. The second-order valence-corrected chi connectivity index (χ2v) is 10.8. The summed E-state index contributed by atoms with van der Waals surface area (Å²) in [6, 6.07) is 23.3. The Labute approximate surface area is 236 Å². The number of carbonyl (C=O) groups is 1. The Morgan fingerprint density at radius 3 is 2.30 bits per heavy atom. The van der Waals surface area contributed by atoms with Crippen LogP contribution in [0.5, 0.6) is 0 Å². The Hall–Kier alpha value is -2.85. The number of benzene rings is 3. The number of aliphatic hydroxyl groups excluding tert-OH is 1. The number of pyridine rings is 1. The van der Waals surface area contributed by atoms with Gasteiger partial charge in [0.15, 0.2) is 5.78 Å². The van der Waals surface area contributed by atoms with Crippen LogP contribution < -0.4 is 0 Å². The van der Waals surface area contributed by atoms with Gasteiger partial charge in [0.25, 0.3) is 0 Å². The minimum atomic E-state index is -0.125. The second kappa shape index (κ2) is 12.1. The Morgan fingerprint density at radius 1 is 0.946 bits per heavy atom. The molecule has 0 aliphatic carbocycles. The van der Waals surface area contributed by atoms with Gasteiger partial charge in [-0.15, -0.1) is 40.5 Å². The van der Waals surface area contributed by atoms with Crippen LogP contribution in [-0.4, -0.2) is 15.9 Å². The summed E-state index contributed by atoms with van der Waals surface area (Å²) in [5, 5.41) is 13.5. The minimum absolute atomic E-state index is 0. The molecule has 1 radical (unpaired) electrons. The smallest absolute Gasteiger partial charge is 0.155 e. The number of hydrogen-bond acceptors (Lipinski definition) is 4. The third-order valence-corrected chi connectivity index (χ3v) is 7.49. The van der Waals surface area contributed by atoms with E-state index in [0.29, 0.717) is 11.8 Å². The fourth-order valence-corrected chi connectivity index (χ4v) is 5.92. The largest absolute Gasteiger partial charge is 0.512 e. The first-order valence-corrected chi connectivity index (χ1v) is 13.1. The van der Waals surface area contributed by atoms with E-state index in [1.807, 2.05) is 23.6 Å². The minimum Gasteiger partial charge on any atom is -0.512 e. The van der Waals surface area contributed by atoms with E-state index in [2.05, 4.69) is 82.3 Å². The van der Waals surface area contributed by atoms with Crippen LogP contribution in [0.25, 0.3) is 42.2 Å². The van der Waals surface area contributed by atoms with Crippen molar-refractivity contribution in [1.82, 2.24) is 4.98 Å². The molecule has 0 bridgehead atoms.